The third kappa shape index (κ3) is 4.45. The van der Waals surface area contributed by atoms with Gasteiger partial charge in [-0.15, -0.1) is 0 Å². The molecule has 0 aromatic heterocycles. The van der Waals surface area contributed by atoms with E-state index in [-0.39, 0.29) is 41.4 Å². The van der Waals surface area contributed by atoms with E-state index < -0.39 is 23.6 Å². The highest BCUT2D eigenvalue weighted by Crippen LogP contribution is 2.42. The summed E-state index contributed by atoms with van der Waals surface area (Å²) in [6, 6.07) is 7.70. The first-order valence-corrected chi connectivity index (χ1v) is 9.82. The largest absolute Gasteiger partial charge is 0.476 e. The minimum absolute atomic E-state index is 0.0235. The van der Waals surface area contributed by atoms with Crippen molar-refractivity contribution in [3.8, 4) is 5.75 Å². The Balaban J connectivity index is 2.00. The molecule has 0 bridgehead atoms. The predicted octanol–water partition coefficient (Wildman–Crippen LogP) is 4.96. The van der Waals surface area contributed by atoms with Gasteiger partial charge in [0.2, 0.25) is 5.91 Å². The number of nitrogens with zero attached hydrogens (tertiary/aromatic N) is 1. The Hall–Kier alpha value is -2.96. The fourth-order valence-electron chi connectivity index (χ4n) is 3.40. The van der Waals surface area contributed by atoms with Crippen molar-refractivity contribution in [3.63, 3.8) is 0 Å². The van der Waals surface area contributed by atoms with Crippen LogP contribution in [0.1, 0.15) is 45.2 Å². The summed E-state index contributed by atoms with van der Waals surface area (Å²) in [4.78, 5) is 26.4. The Labute approximate surface area is 175 Å². The van der Waals surface area contributed by atoms with E-state index in [4.69, 9.17) is 4.74 Å². The number of carbonyl (C=O) groups excluding carboxylic acids is 2. The molecule has 1 heterocycles. The van der Waals surface area contributed by atoms with E-state index >= 15 is 4.39 Å². The lowest BCUT2D eigenvalue weighted by atomic mass is 9.92. The Kier molecular flexibility index (Phi) is 5.83. The normalized spacial score (nSPS) is 16.2. The Morgan fingerprint density at radius 3 is 2.53 bits per heavy atom. The van der Waals surface area contributed by atoms with Crippen molar-refractivity contribution in [3.05, 3.63) is 53.1 Å². The van der Waals surface area contributed by atoms with Crippen LogP contribution in [0.3, 0.4) is 0 Å². The highest BCUT2D eigenvalue weighted by Gasteiger charge is 2.35. The van der Waals surface area contributed by atoms with Crippen molar-refractivity contribution >= 4 is 23.2 Å². The molecule has 1 aliphatic rings. The topological polar surface area (TPSA) is 58.6 Å². The summed E-state index contributed by atoms with van der Waals surface area (Å²) in [6.45, 7) is 8.84. The number of hydrogen-bond donors (Lipinski definition) is 1. The first kappa shape index (κ1) is 21.7. The molecule has 1 N–H and O–H groups in total. The molecule has 7 heteroatoms. The van der Waals surface area contributed by atoms with Gasteiger partial charge in [0.05, 0.1) is 17.9 Å². The number of aryl methyl sites for hydroxylation is 1. The lowest BCUT2D eigenvalue weighted by molar-refractivity contribution is -0.125. The second-order valence-electron chi connectivity index (χ2n) is 8.79. The van der Waals surface area contributed by atoms with Crippen LogP contribution in [0.25, 0.3) is 0 Å². The number of benzene rings is 2. The summed E-state index contributed by atoms with van der Waals surface area (Å²) >= 11 is 0. The van der Waals surface area contributed by atoms with Gasteiger partial charge in [-0.2, -0.15) is 0 Å². The summed E-state index contributed by atoms with van der Waals surface area (Å²) < 4.78 is 35.0. The van der Waals surface area contributed by atoms with Gasteiger partial charge < -0.3 is 15.0 Å². The molecule has 2 aromatic rings. The predicted molar refractivity (Wildman–Crippen MR) is 112 cm³/mol. The molecule has 160 valence electrons. The molecule has 5 nitrogen and oxygen atoms in total. The summed E-state index contributed by atoms with van der Waals surface area (Å²) in [7, 11) is 0. The van der Waals surface area contributed by atoms with Crippen LogP contribution in [0, 0.1) is 24.0 Å². The SMILES string of the molecule is Cc1cc2c(c(F)c1NC(=O)CC(C)(C)C)OC(C)C(=O)N2Cc1ccccc1F. The van der Waals surface area contributed by atoms with E-state index in [2.05, 4.69) is 5.32 Å². The van der Waals surface area contributed by atoms with Gasteiger partial charge in [-0.1, -0.05) is 39.0 Å². The molecule has 0 fully saturated rings. The number of anilines is 2. The van der Waals surface area contributed by atoms with Crippen LogP contribution >= 0.6 is 0 Å². The van der Waals surface area contributed by atoms with Crippen LogP contribution in [-0.2, 0) is 16.1 Å². The zero-order valence-electron chi connectivity index (χ0n) is 17.8. The van der Waals surface area contributed by atoms with Crippen LogP contribution in [0.5, 0.6) is 5.75 Å². The van der Waals surface area contributed by atoms with Gasteiger partial charge in [0.25, 0.3) is 5.91 Å². The maximum atomic E-state index is 15.3. The zero-order valence-corrected chi connectivity index (χ0v) is 17.8. The molecule has 0 spiro atoms. The van der Waals surface area contributed by atoms with Crippen LogP contribution in [0.4, 0.5) is 20.2 Å². The molecule has 1 unspecified atom stereocenters. The van der Waals surface area contributed by atoms with Crippen molar-refractivity contribution in [2.24, 2.45) is 5.41 Å². The standard InChI is InChI=1S/C23H26F2N2O3/c1-13-10-17-21(19(25)20(13)26-18(28)11-23(3,4)5)30-14(2)22(29)27(17)12-15-8-6-7-9-16(15)24/h6-10,14H,11-12H2,1-5H3,(H,26,28). The number of nitrogens with one attached hydrogen (secondary N) is 1. The maximum Gasteiger partial charge on any atom is 0.268 e. The highest BCUT2D eigenvalue weighted by atomic mass is 19.1. The number of rotatable bonds is 4. The maximum absolute atomic E-state index is 15.3. The molecule has 0 saturated carbocycles. The Morgan fingerprint density at radius 1 is 1.23 bits per heavy atom. The molecule has 0 radical (unpaired) electrons. The average molecular weight is 416 g/mol. The average Bonchev–Trinajstić information content (AvgIpc) is 2.64. The van der Waals surface area contributed by atoms with Crippen LogP contribution in [0.2, 0.25) is 0 Å². The Morgan fingerprint density at radius 2 is 1.90 bits per heavy atom. The van der Waals surface area contributed by atoms with Gasteiger partial charge in [-0.25, -0.2) is 8.78 Å². The first-order chi connectivity index (χ1) is 14.0. The van der Waals surface area contributed by atoms with Gasteiger partial charge in [0.1, 0.15) is 5.82 Å². The van der Waals surface area contributed by atoms with Gasteiger partial charge in [0.15, 0.2) is 17.7 Å². The molecule has 30 heavy (non-hydrogen) atoms. The van der Waals surface area contributed by atoms with Gasteiger partial charge in [0, 0.05) is 12.0 Å². The number of hydrogen-bond acceptors (Lipinski definition) is 3. The summed E-state index contributed by atoms with van der Waals surface area (Å²) in [6.07, 6.45) is -0.724. The molecule has 0 aliphatic carbocycles. The molecule has 2 amide bonds. The van der Waals surface area contributed by atoms with Crippen LogP contribution < -0.4 is 15.0 Å². The monoisotopic (exact) mass is 416 g/mol. The quantitative estimate of drug-likeness (QED) is 0.766. The van der Waals surface area contributed by atoms with Crippen LogP contribution in [0.15, 0.2) is 30.3 Å². The van der Waals surface area contributed by atoms with Crippen molar-refractivity contribution in [2.45, 2.75) is 53.7 Å². The Bertz CT molecular complexity index is 999. The number of halogens is 2. The van der Waals surface area contributed by atoms with E-state index in [1.54, 1.807) is 31.2 Å². The number of ether oxygens (including phenoxy) is 1. The molecule has 3 rings (SSSR count). The minimum Gasteiger partial charge on any atom is -0.476 e. The van der Waals surface area contributed by atoms with E-state index in [1.165, 1.54) is 17.9 Å². The van der Waals surface area contributed by atoms with Crippen LogP contribution in [-0.4, -0.2) is 17.9 Å². The lowest BCUT2D eigenvalue weighted by Gasteiger charge is -2.34. The second-order valence-corrected chi connectivity index (χ2v) is 8.79. The minimum atomic E-state index is -0.945. The van der Waals surface area contributed by atoms with Gasteiger partial charge in [-0.3, -0.25) is 9.59 Å². The fourth-order valence-corrected chi connectivity index (χ4v) is 3.40. The van der Waals surface area contributed by atoms with Crippen molar-refractivity contribution in [1.29, 1.82) is 0 Å². The van der Waals surface area contributed by atoms with Gasteiger partial charge >= 0.3 is 0 Å². The highest BCUT2D eigenvalue weighted by molar-refractivity contribution is 6.01. The second kappa shape index (κ2) is 8.05. The molecule has 0 saturated heterocycles. The van der Waals surface area contributed by atoms with E-state index in [1.807, 2.05) is 20.8 Å². The molecule has 1 atom stereocenters. The van der Waals surface area contributed by atoms with E-state index in [9.17, 15) is 14.0 Å². The number of amides is 2. The van der Waals surface area contributed by atoms with Gasteiger partial charge in [-0.05, 0) is 37.0 Å². The van der Waals surface area contributed by atoms with E-state index in [0.29, 0.717) is 11.1 Å². The summed E-state index contributed by atoms with van der Waals surface area (Å²) in [5.74, 6) is -2.03. The molecular weight excluding hydrogens is 390 g/mol. The third-order valence-corrected chi connectivity index (χ3v) is 4.84. The zero-order chi connectivity index (χ0) is 22.2. The van der Waals surface area contributed by atoms with Crippen molar-refractivity contribution in [1.82, 2.24) is 0 Å². The summed E-state index contributed by atoms with van der Waals surface area (Å²) in [5.41, 5.74) is 0.738. The molecule has 1 aliphatic heterocycles. The first-order valence-electron chi connectivity index (χ1n) is 9.82. The summed E-state index contributed by atoms with van der Waals surface area (Å²) in [5, 5.41) is 2.63. The van der Waals surface area contributed by atoms with E-state index in [0.717, 1.165) is 0 Å². The molecule has 2 aromatic carbocycles. The molecular formula is C23H26F2N2O3. The lowest BCUT2D eigenvalue weighted by Crippen LogP contribution is -2.44. The number of carbonyl (C=O) groups is 2. The smallest absolute Gasteiger partial charge is 0.268 e. The third-order valence-electron chi connectivity index (χ3n) is 4.84. The fraction of sp³-hybridized carbons (Fsp3) is 0.391. The van der Waals surface area contributed by atoms with Crippen molar-refractivity contribution < 1.29 is 23.1 Å². The number of fused-ring (bicyclic) bond motifs is 1. The van der Waals surface area contributed by atoms with Crippen molar-refractivity contribution in [2.75, 3.05) is 10.2 Å².